The molecule has 0 heterocycles. The van der Waals surface area contributed by atoms with Crippen LogP contribution in [0.4, 0.5) is 4.39 Å². The van der Waals surface area contributed by atoms with Gasteiger partial charge in [-0.3, -0.25) is 0 Å². The van der Waals surface area contributed by atoms with Gasteiger partial charge in [-0.25, -0.2) is 4.39 Å². The SMILES string of the molecule is CC(C)c1c(O)cc(C=Cc2ccc(F)cc2)cc1O. The molecular formula is C17H17FO2. The van der Waals surface area contributed by atoms with Crippen molar-refractivity contribution in [2.24, 2.45) is 0 Å². The second-order valence-corrected chi connectivity index (χ2v) is 5.01. The van der Waals surface area contributed by atoms with Crippen LogP contribution >= 0.6 is 0 Å². The number of hydrogen-bond donors (Lipinski definition) is 2. The van der Waals surface area contributed by atoms with Gasteiger partial charge in [-0.05, 0) is 41.3 Å². The number of hydrogen-bond acceptors (Lipinski definition) is 2. The molecule has 0 aliphatic heterocycles. The van der Waals surface area contributed by atoms with Crippen molar-refractivity contribution in [2.75, 3.05) is 0 Å². The molecule has 0 radical (unpaired) electrons. The fourth-order valence-electron chi connectivity index (χ4n) is 2.10. The highest BCUT2D eigenvalue weighted by Gasteiger charge is 2.12. The minimum atomic E-state index is -0.279. The number of benzene rings is 2. The monoisotopic (exact) mass is 272 g/mol. The van der Waals surface area contributed by atoms with Gasteiger partial charge in [0.05, 0.1) is 0 Å². The predicted molar refractivity (Wildman–Crippen MR) is 79.2 cm³/mol. The maximum Gasteiger partial charge on any atom is 0.123 e. The average molecular weight is 272 g/mol. The molecule has 0 amide bonds. The van der Waals surface area contributed by atoms with Crippen LogP contribution in [0.1, 0.15) is 36.5 Å². The zero-order chi connectivity index (χ0) is 14.7. The van der Waals surface area contributed by atoms with Gasteiger partial charge in [-0.15, -0.1) is 0 Å². The highest BCUT2D eigenvalue weighted by atomic mass is 19.1. The number of halogens is 1. The molecule has 0 unspecified atom stereocenters. The minimum absolute atomic E-state index is 0.0464. The van der Waals surface area contributed by atoms with E-state index in [9.17, 15) is 14.6 Å². The van der Waals surface area contributed by atoms with Crippen molar-refractivity contribution in [3.63, 3.8) is 0 Å². The van der Waals surface area contributed by atoms with E-state index in [0.717, 1.165) is 5.56 Å². The zero-order valence-corrected chi connectivity index (χ0v) is 11.5. The van der Waals surface area contributed by atoms with Crippen LogP contribution in [0, 0.1) is 5.82 Å². The number of rotatable bonds is 3. The average Bonchev–Trinajstić information content (AvgIpc) is 2.37. The molecule has 0 fully saturated rings. The molecule has 0 bridgehead atoms. The standard InChI is InChI=1S/C17H17FO2/c1-11(2)17-15(19)9-13(10-16(17)20)4-3-12-5-7-14(18)8-6-12/h3-11,19-20H,1-2H3. The summed E-state index contributed by atoms with van der Waals surface area (Å²) >= 11 is 0. The van der Waals surface area contributed by atoms with Crippen LogP contribution in [-0.4, -0.2) is 10.2 Å². The molecule has 2 N–H and O–H groups in total. The van der Waals surface area contributed by atoms with E-state index in [1.807, 2.05) is 13.8 Å². The van der Waals surface area contributed by atoms with Crippen molar-refractivity contribution in [3.05, 3.63) is 58.9 Å². The van der Waals surface area contributed by atoms with Crippen LogP contribution in [0.25, 0.3) is 12.2 Å². The summed E-state index contributed by atoms with van der Waals surface area (Å²) in [4.78, 5) is 0. The summed E-state index contributed by atoms with van der Waals surface area (Å²) in [6.07, 6.45) is 3.56. The Labute approximate surface area is 117 Å². The summed E-state index contributed by atoms with van der Waals surface area (Å²) in [6, 6.07) is 9.30. The highest BCUT2D eigenvalue weighted by molar-refractivity contribution is 5.71. The Morgan fingerprint density at radius 1 is 0.900 bits per heavy atom. The molecule has 0 spiro atoms. The largest absolute Gasteiger partial charge is 0.507 e. The Bertz CT molecular complexity index is 605. The third-order valence-corrected chi connectivity index (χ3v) is 3.07. The first kappa shape index (κ1) is 14.1. The molecule has 104 valence electrons. The molecule has 0 saturated heterocycles. The lowest BCUT2D eigenvalue weighted by Gasteiger charge is -2.11. The van der Waals surface area contributed by atoms with E-state index in [1.165, 1.54) is 12.1 Å². The fraction of sp³-hybridized carbons (Fsp3) is 0.176. The quantitative estimate of drug-likeness (QED) is 0.806. The Balaban J connectivity index is 2.28. The van der Waals surface area contributed by atoms with Gasteiger partial charge in [-0.2, -0.15) is 0 Å². The number of aromatic hydroxyl groups is 2. The minimum Gasteiger partial charge on any atom is -0.507 e. The van der Waals surface area contributed by atoms with Crippen molar-refractivity contribution in [1.82, 2.24) is 0 Å². The van der Waals surface area contributed by atoms with Gasteiger partial charge in [0.15, 0.2) is 0 Å². The van der Waals surface area contributed by atoms with Crippen LogP contribution in [0.5, 0.6) is 11.5 Å². The Morgan fingerprint density at radius 2 is 1.40 bits per heavy atom. The van der Waals surface area contributed by atoms with Crippen LogP contribution in [0.3, 0.4) is 0 Å². The van der Waals surface area contributed by atoms with Gasteiger partial charge in [0, 0.05) is 5.56 Å². The first-order valence-electron chi connectivity index (χ1n) is 6.47. The summed E-state index contributed by atoms with van der Waals surface area (Å²) in [5.41, 5.74) is 2.08. The number of phenols is 2. The lowest BCUT2D eigenvalue weighted by atomic mass is 9.98. The van der Waals surface area contributed by atoms with Crippen LogP contribution in [0.2, 0.25) is 0 Å². The molecule has 20 heavy (non-hydrogen) atoms. The van der Waals surface area contributed by atoms with Crippen molar-refractivity contribution in [3.8, 4) is 11.5 Å². The highest BCUT2D eigenvalue weighted by Crippen LogP contribution is 2.35. The van der Waals surface area contributed by atoms with Crippen LogP contribution < -0.4 is 0 Å². The molecule has 0 aromatic heterocycles. The summed E-state index contributed by atoms with van der Waals surface area (Å²) < 4.78 is 12.8. The van der Waals surface area contributed by atoms with Gasteiger partial charge in [-0.1, -0.05) is 38.1 Å². The second-order valence-electron chi connectivity index (χ2n) is 5.01. The van der Waals surface area contributed by atoms with Gasteiger partial charge in [0.25, 0.3) is 0 Å². The maximum absolute atomic E-state index is 12.8. The van der Waals surface area contributed by atoms with Crippen molar-refractivity contribution < 1.29 is 14.6 Å². The molecule has 2 rings (SSSR count). The maximum atomic E-state index is 12.8. The molecule has 0 aliphatic rings. The van der Waals surface area contributed by atoms with E-state index in [1.54, 1.807) is 36.4 Å². The Morgan fingerprint density at radius 3 is 1.90 bits per heavy atom. The summed E-state index contributed by atoms with van der Waals surface area (Å²) in [5.74, 6) is -0.0682. The van der Waals surface area contributed by atoms with Crippen molar-refractivity contribution >= 4 is 12.2 Å². The Hall–Kier alpha value is -2.29. The summed E-state index contributed by atoms with van der Waals surface area (Å²) in [5, 5.41) is 19.9. The van der Waals surface area contributed by atoms with E-state index in [4.69, 9.17) is 0 Å². The normalized spacial score (nSPS) is 11.4. The van der Waals surface area contributed by atoms with Gasteiger partial charge >= 0.3 is 0 Å². The Kier molecular flexibility index (Phi) is 4.08. The van der Waals surface area contributed by atoms with E-state index in [-0.39, 0.29) is 23.2 Å². The third kappa shape index (κ3) is 3.18. The molecule has 3 heteroatoms. The van der Waals surface area contributed by atoms with E-state index < -0.39 is 0 Å². The second kappa shape index (κ2) is 5.78. The van der Waals surface area contributed by atoms with Gasteiger partial charge in [0.1, 0.15) is 17.3 Å². The van der Waals surface area contributed by atoms with Crippen LogP contribution in [-0.2, 0) is 0 Å². The lowest BCUT2D eigenvalue weighted by Crippen LogP contribution is -1.90. The van der Waals surface area contributed by atoms with E-state index >= 15 is 0 Å². The predicted octanol–water partition coefficient (Wildman–Crippen LogP) is 4.53. The molecule has 0 aliphatic carbocycles. The lowest BCUT2D eigenvalue weighted by molar-refractivity contribution is 0.433. The molecule has 2 aromatic carbocycles. The smallest absolute Gasteiger partial charge is 0.123 e. The molecule has 2 nitrogen and oxygen atoms in total. The summed E-state index contributed by atoms with van der Waals surface area (Å²) in [6.45, 7) is 3.81. The molecule has 0 saturated carbocycles. The molecular weight excluding hydrogens is 255 g/mol. The topological polar surface area (TPSA) is 40.5 Å². The molecule has 0 atom stereocenters. The van der Waals surface area contributed by atoms with Crippen molar-refractivity contribution in [2.45, 2.75) is 19.8 Å². The van der Waals surface area contributed by atoms with Gasteiger partial charge in [0.2, 0.25) is 0 Å². The zero-order valence-electron chi connectivity index (χ0n) is 11.5. The van der Waals surface area contributed by atoms with E-state index in [0.29, 0.717) is 11.1 Å². The van der Waals surface area contributed by atoms with E-state index in [2.05, 4.69) is 0 Å². The third-order valence-electron chi connectivity index (χ3n) is 3.07. The fourth-order valence-corrected chi connectivity index (χ4v) is 2.10. The van der Waals surface area contributed by atoms with Crippen molar-refractivity contribution in [1.29, 1.82) is 0 Å². The molecule has 2 aromatic rings. The van der Waals surface area contributed by atoms with Crippen LogP contribution in [0.15, 0.2) is 36.4 Å². The van der Waals surface area contributed by atoms with Gasteiger partial charge < -0.3 is 10.2 Å². The first-order valence-corrected chi connectivity index (χ1v) is 6.47. The first-order chi connectivity index (χ1) is 9.47. The number of phenolic OH excluding ortho intramolecular Hbond substituents is 2. The summed E-state index contributed by atoms with van der Waals surface area (Å²) in [7, 11) is 0.